The maximum atomic E-state index is 9.68. The first kappa shape index (κ1) is 12.6. The van der Waals surface area contributed by atoms with E-state index in [2.05, 4.69) is 0 Å². The van der Waals surface area contributed by atoms with E-state index >= 15 is 0 Å². The van der Waals surface area contributed by atoms with E-state index in [0.717, 1.165) is 6.42 Å². The van der Waals surface area contributed by atoms with E-state index in [1.807, 2.05) is 6.92 Å². The zero-order valence-corrected chi connectivity index (χ0v) is 9.27. The number of aliphatic hydroxyl groups excluding tert-OH is 1. The van der Waals surface area contributed by atoms with Crippen molar-refractivity contribution in [3.05, 3.63) is 17.7 Å². The van der Waals surface area contributed by atoms with Crippen LogP contribution in [-0.2, 0) is 6.54 Å². The standard InChI is InChI=1S/C11H17NO4/c1-2-3-15-11-5-8(16-7-13)4-10(14)9(11)6-12/h4-5,13-14H,2-3,6-7,12H2,1H3. The molecule has 5 nitrogen and oxygen atoms in total. The Labute approximate surface area is 94.4 Å². The van der Waals surface area contributed by atoms with E-state index in [0.29, 0.717) is 23.7 Å². The number of aromatic hydroxyl groups is 1. The Morgan fingerprint density at radius 3 is 2.62 bits per heavy atom. The molecular weight excluding hydrogens is 210 g/mol. The lowest BCUT2D eigenvalue weighted by Gasteiger charge is -2.13. The average Bonchev–Trinajstić information content (AvgIpc) is 2.26. The van der Waals surface area contributed by atoms with Crippen molar-refractivity contribution < 1.29 is 19.7 Å². The molecule has 0 aliphatic rings. The van der Waals surface area contributed by atoms with Gasteiger partial charge in [0.2, 0.25) is 0 Å². The summed E-state index contributed by atoms with van der Waals surface area (Å²) in [7, 11) is 0. The number of hydrogen-bond donors (Lipinski definition) is 3. The third-order valence-electron chi connectivity index (χ3n) is 2.06. The molecule has 0 unspecified atom stereocenters. The average molecular weight is 227 g/mol. The van der Waals surface area contributed by atoms with Crippen LogP contribution in [0.25, 0.3) is 0 Å². The monoisotopic (exact) mass is 227 g/mol. The van der Waals surface area contributed by atoms with Gasteiger partial charge in [-0.3, -0.25) is 0 Å². The van der Waals surface area contributed by atoms with E-state index in [1.165, 1.54) is 6.07 Å². The fourth-order valence-electron chi connectivity index (χ4n) is 1.31. The lowest BCUT2D eigenvalue weighted by molar-refractivity contribution is 0.0979. The fraction of sp³-hybridized carbons (Fsp3) is 0.455. The molecule has 0 atom stereocenters. The van der Waals surface area contributed by atoms with Crippen LogP contribution in [0.15, 0.2) is 12.1 Å². The van der Waals surface area contributed by atoms with Gasteiger partial charge in [0.25, 0.3) is 0 Å². The fourth-order valence-corrected chi connectivity index (χ4v) is 1.31. The summed E-state index contributed by atoms with van der Waals surface area (Å²) in [6.45, 7) is 2.25. The highest BCUT2D eigenvalue weighted by Crippen LogP contribution is 2.33. The molecule has 0 saturated heterocycles. The van der Waals surface area contributed by atoms with E-state index in [4.69, 9.17) is 20.3 Å². The number of rotatable bonds is 6. The topological polar surface area (TPSA) is 84.9 Å². The van der Waals surface area contributed by atoms with Gasteiger partial charge in [0, 0.05) is 24.2 Å². The van der Waals surface area contributed by atoms with Crippen molar-refractivity contribution >= 4 is 0 Å². The molecule has 0 fully saturated rings. The predicted molar refractivity (Wildman–Crippen MR) is 59.5 cm³/mol. The van der Waals surface area contributed by atoms with Gasteiger partial charge in [-0.2, -0.15) is 0 Å². The van der Waals surface area contributed by atoms with E-state index in [1.54, 1.807) is 6.07 Å². The van der Waals surface area contributed by atoms with Gasteiger partial charge < -0.3 is 25.4 Å². The highest BCUT2D eigenvalue weighted by atomic mass is 16.6. The SMILES string of the molecule is CCCOc1cc(OCO)cc(O)c1CN. The van der Waals surface area contributed by atoms with Crippen LogP contribution in [0, 0.1) is 0 Å². The lowest BCUT2D eigenvalue weighted by Crippen LogP contribution is -2.05. The van der Waals surface area contributed by atoms with Gasteiger partial charge >= 0.3 is 0 Å². The van der Waals surface area contributed by atoms with Crippen molar-refractivity contribution in [1.29, 1.82) is 0 Å². The number of phenols is 1. The Kier molecular flexibility index (Phi) is 4.88. The number of hydrogen-bond acceptors (Lipinski definition) is 5. The summed E-state index contributed by atoms with van der Waals surface area (Å²) in [5, 5.41) is 18.3. The second kappa shape index (κ2) is 6.19. The van der Waals surface area contributed by atoms with Crippen molar-refractivity contribution in [3.8, 4) is 17.2 Å². The molecule has 1 aromatic rings. The summed E-state index contributed by atoms with van der Waals surface area (Å²) in [4.78, 5) is 0. The summed E-state index contributed by atoms with van der Waals surface area (Å²) in [6, 6.07) is 3.00. The van der Waals surface area contributed by atoms with Crippen molar-refractivity contribution in [2.75, 3.05) is 13.4 Å². The zero-order chi connectivity index (χ0) is 12.0. The summed E-state index contributed by atoms with van der Waals surface area (Å²) in [6.07, 6.45) is 0.857. The summed E-state index contributed by atoms with van der Waals surface area (Å²) < 4.78 is 10.3. The Morgan fingerprint density at radius 2 is 2.06 bits per heavy atom. The van der Waals surface area contributed by atoms with Crippen molar-refractivity contribution in [2.45, 2.75) is 19.9 Å². The van der Waals surface area contributed by atoms with Crippen molar-refractivity contribution in [1.82, 2.24) is 0 Å². The molecule has 0 heterocycles. The van der Waals surface area contributed by atoms with Crippen LogP contribution >= 0.6 is 0 Å². The molecule has 0 spiro atoms. The minimum atomic E-state index is -0.450. The van der Waals surface area contributed by atoms with Crippen LogP contribution in [0.5, 0.6) is 17.2 Å². The van der Waals surface area contributed by atoms with Gasteiger partial charge in [-0.25, -0.2) is 0 Å². The summed E-state index contributed by atoms with van der Waals surface area (Å²) >= 11 is 0. The molecule has 0 aliphatic heterocycles. The molecule has 0 amide bonds. The van der Waals surface area contributed by atoms with Crippen LogP contribution in [0.3, 0.4) is 0 Å². The van der Waals surface area contributed by atoms with Gasteiger partial charge in [-0.1, -0.05) is 6.92 Å². The third kappa shape index (κ3) is 3.01. The summed E-state index contributed by atoms with van der Waals surface area (Å²) in [5.74, 6) is 0.857. The molecule has 0 aliphatic carbocycles. The van der Waals surface area contributed by atoms with E-state index < -0.39 is 6.79 Å². The smallest absolute Gasteiger partial charge is 0.186 e. The Balaban J connectivity index is 2.99. The Bertz CT molecular complexity index is 341. The van der Waals surface area contributed by atoms with Gasteiger partial charge in [-0.15, -0.1) is 0 Å². The molecule has 1 aromatic carbocycles. The molecule has 0 aromatic heterocycles. The van der Waals surface area contributed by atoms with Crippen LogP contribution in [-0.4, -0.2) is 23.6 Å². The largest absolute Gasteiger partial charge is 0.507 e. The highest BCUT2D eigenvalue weighted by molar-refractivity contribution is 5.49. The molecule has 1 rings (SSSR count). The molecular formula is C11H17NO4. The first-order valence-electron chi connectivity index (χ1n) is 5.15. The second-order valence-electron chi connectivity index (χ2n) is 3.25. The van der Waals surface area contributed by atoms with Gasteiger partial charge in [0.1, 0.15) is 17.2 Å². The van der Waals surface area contributed by atoms with E-state index in [9.17, 15) is 5.11 Å². The van der Waals surface area contributed by atoms with Gasteiger partial charge in [-0.05, 0) is 6.42 Å². The second-order valence-corrected chi connectivity index (χ2v) is 3.25. The summed E-state index contributed by atoms with van der Waals surface area (Å²) in [5.41, 5.74) is 6.06. The van der Waals surface area contributed by atoms with Crippen molar-refractivity contribution in [3.63, 3.8) is 0 Å². The number of benzene rings is 1. The zero-order valence-electron chi connectivity index (χ0n) is 9.27. The van der Waals surface area contributed by atoms with Crippen molar-refractivity contribution in [2.24, 2.45) is 5.73 Å². The van der Waals surface area contributed by atoms with Gasteiger partial charge in [0.05, 0.1) is 6.61 Å². The number of nitrogens with two attached hydrogens (primary N) is 1. The maximum Gasteiger partial charge on any atom is 0.186 e. The molecule has 0 saturated carbocycles. The molecule has 0 radical (unpaired) electrons. The molecule has 4 N–H and O–H groups in total. The van der Waals surface area contributed by atoms with Crippen LogP contribution < -0.4 is 15.2 Å². The highest BCUT2D eigenvalue weighted by Gasteiger charge is 2.11. The van der Waals surface area contributed by atoms with Gasteiger partial charge in [0.15, 0.2) is 6.79 Å². The predicted octanol–water partition coefficient (Wildman–Crippen LogP) is 0.968. The molecule has 16 heavy (non-hydrogen) atoms. The maximum absolute atomic E-state index is 9.68. The first-order valence-corrected chi connectivity index (χ1v) is 5.15. The minimum absolute atomic E-state index is 0.0135. The Hall–Kier alpha value is -1.46. The van der Waals surface area contributed by atoms with Crippen LogP contribution in [0.2, 0.25) is 0 Å². The Morgan fingerprint density at radius 1 is 1.31 bits per heavy atom. The molecule has 5 heteroatoms. The number of phenolic OH excluding ortho intramolecular Hbond substituents is 1. The number of ether oxygens (including phenoxy) is 2. The molecule has 0 bridgehead atoms. The van der Waals surface area contributed by atoms with Crippen LogP contribution in [0.1, 0.15) is 18.9 Å². The number of aliphatic hydroxyl groups is 1. The normalized spacial score (nSPS) is 10.2. The molecule has 90 valence electrons. The van der Waals surface area contributed by atoms with E-state index in [-0.39, 0.29) is 12.3 Å². The van der Waals surface area contributed by atoms with Crippen LogP contribution in [0.4, 0.5) is 0 Å². The lowest BCUT2D eigenvalue weighted by atomic mass is 10.1. The first-order chi connectivity index (χ1) is 7.72. The quantitative estimate of drug-likeness (QED) is 0.630. The third-order valence-corrected chi connectivity index (χ3v) is 2.06. The minimum Gasteiger partial charge on any atom is -0.507 e.